The third-order valence-electron chi connectivity index (χ3n) is 4.32. The number of hydrogen-bond donors (Lipinski definition) is 2. The van der Waals surface area contributed by atoms with Gasteiger partial charge in [-0.25, -0.2) is 14.4 Å². The van der Waals surface area contributed by atoms with Gasteiger partial charge in [0.25, 0.3) is 0 Å². The van der Waals surface area contributed by atoms with Gasteiger partial charge in [0.15, 0.2) is 17.5 Å². The second-order valence-electron chi connectivity index (χ2n) is 6.51. The Morgan fingerprint density at radius 1 is 1.17 bits per heavy atom. The molecule has 8 heteroatoms. The van der Waals surface area contributed by atoms with Crippen LogP contribution >= 0.6 is 24.0 Å². The van der Waals surface area contributed by atoms with E-state index in [0.717, 1.165) is 23.4 Å². The van der Waals surface area contributed by atoms with Crippen molar-refractivity contribution in [2.24, 2.45) is 12.0 Å². The van der Waals surface area contributed by atoms with Crippen LogP contribution in [0.1, 0.15) is 19.7 Å². The zero-order chi connectivity index (χ0) is 19.9. The second-order valence-corrected chi connectivity index (χ2v) is 6.51. The molecule has 29 heavy (non-hydrogen) atoms. The number of aliphatic imine (C=N–C) groups is 1. The standard InChI is InChI=1S/C21H26FN5O.HI/c1-4-23-21(24-13-15(2)28-19-12-8-5-9-16(19)22)25-14-20-26-17-10-6-7-11-18(17)27(20)3;/h5-12,15H,4,13-14H2,1-3H3,(H2,23,24,25);1H. The van der Waals surface area contributed by atoms with Crippen LogP contribution in [-0.2, 0) is 13.6 Å². The number of nitrogens with zero attached hydrogens (tertiary/aromatic N) is 3. The van der Waals surface area contributed by atoms with Gasteiger partial charge >= 0.3 is 0 Å². The SMILES string of the molecule is CCNC(=NCc1nc2ccccc2n1C)NCC(C)Oc1ccccc1F.I. The molecule has 0 saturated heterocycles. The van der Waals surface area contributed by atoms with Gasteiger partial charge in [-0.1, -0.05) is 24.3 Å². The number of ether oxygens (including phenoxy) is 1. The molecule has 0 amide bonds. The van der Waals surface area contributed by atoms with E-state index < -0.39 is 0 Å². The molecule has 0 bridgehead atoms. The molecular formula is C21H27FIN5O. The van der Waals surface area contributed by atoms with E-state index in [1.165, 1.54) is 6.07 Å². The highest BCUT2D eigenvalue weighted by molar-refractivity contribution is 14.0. The van der Waals surface area contributed by atoms with Crippen LogP contribution in [0.25, 0.3) is 11.0 Å². The van der Waals surface area contributed by atoms with Gasteiger partial charge in [0.1, 0.15) is 18.5 Å². The van der Waals surface area contributed by atoms with Crippen molar-refractivity contribution in [3.8, 4) is 5.75 Å². The highest BCUT2D eigenvalue weighted by atomic mass is 127. The summed E-state index contributed by atoms with van der Waals surface area (Å²) in [6.45, 7) is 5.56. The Morgan fingerprint density at radius 2 is 1.90 bits per heavy atom. The van der Waals surface area contributed by atoms with E-state index >= 15 is 0 Å². The van der Waals surface area contributed by atoms with Crippen molar-refractivity contribution in [1.29, 1.82) is 0 Å². The number of benzene rings is 2. The van der Waals surface area contributed by atoms with E-state index in [0.29, 0.717) is 19.0 Å². The maximum Gasteiger partial charge on any atom is 0.191 e. The lowest BCUT2D eigenvalue weighted by Gasteiger charge is -2.18. The molecular weight excluding hydrogens is 484 g/mol. The van der Waals surface area contributed by atoms with Crippen LogP contribution in [0.5, 0.6) is 5.75 Å². The summed E-state index contributed by atoms with van der Waals surface area (Å²) in [6.07, 6.45) is -0.225. The van der Waals surface area contributed by atoms with Crippen molar-refractivity contribution in [3.63, 3.8) is 0 Å². The lowest BCUT2D eigenvalue weighted by Crippen LogP contribution is -2.41. The molecule has 6 nitrogen and oxygen atoms in total. The summed E-state index contributed by atoms with van der Waals surface area (Å²) in [4.78, 5) is 9.26. The molecule has 1 atom stereocenters. The van der Waals surface area contributed by atoms with Crippen molar-refractivity contribution in [2.45, 2.75) is 26.5 Å². The quantitative estimate of drug-likeness (QED) is 0.288. The third-order valence-corrected chi connectivity index (χ3v) is 4.32. The Bertz CT molecular complexity index is 959. The topological polar surface area (TPSA) is 63.5 Å². The fourth-order valence-electron chi connectivity index (χ4n) is 2.87. The first-order chi connectivity index (χ1) is 13.6. The number of para-hydroxylation sites is 3. The first-order valence-electron chi connectivity index (χ1n) is 9.42. The molecule has 1 aromatic heterocycles. The van der Waals surface area contributed by atoms with Crippen LogP contribution in [0.3, 0.4) is 0 Å². The highest BCUT2D eigenvalue weighted by Gasteiger charge is 2.10. The first kappa shape index (κ1) is 22.9. The molecule has 3 aromatic rings. The predicted octanol–water partition coefficient (Wildman–Crippen LogP) is 3.85. The molecule has 0 aliphatic rings. The van der Waals surface area contributed by atoms with Gasteiger partial charge in [-0.15, -0.1) is 24.0 Å². The normalized spacial score (nSPS) is 12.3. The van der Waals surface area contributed by atoms with Crippen molar-refractivity contribution in [2.75, 3.05) is 13.1 Å². The van der Waals surface area contributed by atoms with Crippen LogP contribution in [-0.4, -0.2) is 34.7 Å². The fraction of sp³-hybridized carbons (Fsp3) is 0.333. The maximum absolute atomic E-state index is 13.7. The highest BCUT2D eigenvalue weighted by Crippen LogP contribution is 2.17. The van der Waals surface area contributed by atoms with Gasteiger partial charge in [-0.05, 0) is 38.1 Å². The van der Waals surface area contributed by atoms with Crippen molar-refractivity contribution in [1.82, 2.24) is 20.2 Å². The van der Waals surface area contributed by atoms with Gasteiger partial charge in [0.2, 0.25) is 0 Å². The van der Waals surface area contributed by atoms with Crippen LogP contribution in [0.4, 0.5) is 4.39 Å². The summed E-state index contributed by atoms with van der Waals surface area (Å²) in [5.41, 5.74) is 2.04. The number of hydrogen-bond acceptors (Lipinski definition) is 3. The fourth-order valence-corrected chi connectivity index (χ4v) is 2.87. The minimum Gasteiger partial charge on any atom is -0.486 e. The van der Waals surface area contributed by atoms with Gasteiger partial charge in [-0.3, -0.25) is 0 Å². The first-order valence-corrected chi connectivity index (χ1v) is 9.42. The summed E-state index contributed by atoms with van der Waals surface area (Å²) in [5, 5.41) is 6.45. The number of halogens is 2. The molecule has 0 radical (unpaired) electrons. The Hall–Kier alpha value is -2.36. The zero-order valence-electron chi connectivity index (χ0n) is 16.9. The minimum atomic E-state index is -0.364. The molecule has 1 heterocycles. The molecule has 0 aliphatic carbocycles. The van der Waals surface area contributed by atoms with Crippen molar-refractivity contribution < 1.29 is 9.13 Å². The molecule has 0 aliphatic heterocycles. The molecule has 1 unspecified atom stereocenters. The minimum absolute atomic E-state index is 0. The summed E-state index contributed by atoms with van der Waals surface area (Å²) in [6, 6.07) is 14.4. The van der Waals surface area contributed by atoms with E-state index in [4.69, 9.17) is 4.74 Å². The Labute approximate surface area is 187 Å². The monoisotopic (exact) mass is 511 g/mol. The van der Waals surface area contributed by atoms with Crippen LogP contribution in [0.2, 0.25) is 0 Å². The molecule has 156 valence electrons. The number of aryl methyl sites for hydroxylation is 1. The van der Waals surface area contributed by atoms with Gasteiger partial charge in [0.05, 0.1) is 17.6 Å². The lowest BCUT2D eigenvalue weighted by molar-refractivity contribution is 0.214. The molecule has 0 saturated carbocycles. The summed E-state index contributed by atoms with van der Waals surface area (Å²) in [5.74, 6) is 1.43. The van der Waals surface area contributed by atoms with E-state index in [2.05, 4.69) is 20.6 Å². The second kappa shape index (κ2) is 11.0. The number of rotatable bonds is 7. The van der Waals surface area contributed by atoms with E-state index in [1.807, 2.05) is 49.7 Å². The van der Waals surface area contributed by atoms with E-state index in [9.17, 15) is 4.39 Å². The number of fused-ring (bicyclic) bond motifs is 1. The van der Waals surface area contributed by atoms with E-state index in [-0.39, 0.29) is 41.6 Å². The van der Waals surface area contributed by atoms with Crippen LogP contribution in [0, 0.1) is 5.82 Å². The number of imidazole rings is 1. The number of aromatic nitrogens is 2. The van der Waals surface area contributed by atoms with Gasteiger partial charge in [0, 0.05) is 13.6 Å². The van der Waals surface area contributed by atoms with Crippen LogP contribution in [0.15, 0.2) is 53.5 Å². The Balaban J connectivity index is 0.00000300. The predicted molar refractivity (Wildman–Crippen MR) is 125 cm³/mol. The average Bonchev–Trinajstić information content (AvgIpc) is 3.02. The number of guanidine groups is 1. The molecule has 3 rings (SSSR count). The van der Waals surface area contributed by atoms with Crippen LogP contribution < -0.4 is 15.4 Å². The van der Waals surface area contributed by atoms with Crippen molar-refractivity contribution in [3.05, 3.63) is 60.2 Å². The molecule has 0 spiro atoms. The Kier molecular flexibility index (Phi) is 8.69. The summed E-state index contributed by atoms with van der Waals surface area (Å²) >= 11 is 0. The van der Waals surface area contributed by atoms with Crippen molar-refractivity contribution >= 4 is 41.0 Å². The largest absolute Gasteiger partial charge is 0.486 e. The summed E-state index contributed by atoms with van der Waals surface area (Å²) in [7, 11) is 1.99. The molecule has 2 aromatic carbocycles. The zero-order valence-corrected chi connectivity index (χ0v) is 19.2. The van der Waals surface area contributed by atoms with Gasteiger partial charge < -0.3 is 19.9 Å². The molecule has 2 N–H and O–H groups in total. The summed E-state index contributed by atoms with van der Waals surface area (Å²) < 4.78 is 21.4. The third kappa shape index (κ3) is 6.06. The lowest BCUT2D eigenvalue weighted by atomic mass is 10.3. The van der Waals surface area contributed by atoms with E-state index in [1.54, 1.807) is 18.2 Å². The number of nitrogens with one attached hydrogen (secondary N) is 2. The Morgan fingerprint density at radius 3 is 2.62 bits per heavy atom. The molecule has 0 fully saturated rings. The maximum atomic E-state index is 13.7. The van der Waals surface area contributed by atoms with Gasteiger partial charge in [-0.2, -0.15) is 0 Å². The smallest absolute Gasteiger partial charge is 0.191 e. The average molecular weight is 511 g/mol.